The average Bonchev–Trinajstić information content (AvgIpc) is 2.16. The minimum Gasteiger partial charge on any atom is -0.342 e. The van der Waals surface area contributed by atoms with Crippen molar-refractivity contribution in [1.29, 1.82) is 0 Å². The molecule has 0 aromatic rings. The number of carbonyl (C=O) groups is 1. The van der Waals surface area contributed by atoms with E-state index in [9.17, 15) is 13.6 Å². The topological polar surface area (TPSA) is 46.3 Å². The van der Waals surface area contributed by atoms with E-state index in [1.165, 1.54) is 4.90 Å². The molecule has 1 rings (SSSR count). The molecule has 0 unspecified atom stereocenters. The average molecular weight is 234 g/mol. The molecule has 16 heavy (non-hydrogen) atoms. The summed E-state index contributed by atoms with van der Waals surface area (Å²) in [4.78, 5) is 13.6. The quantitative estimate of drug-likeness (QED) is 0.806. The van der Waals surface area contributed by atoms with E-state index in [2.05, 4.69) is 0 Å². The highest BCUT2D eigenvalue weighted by Crippen LogP contribution is 2.31. The van der Waals surface area contributed by atoms with E-state index < -0.39 is 11.3 Å². The monoisotopic (exact) mass is 234 g/mol. The van der Waals surface area contributed by atoms with E-state index in [0.717, 1.165) is 0 Å². The number of carbonyl (C=O) groups excluding carboxylic acids is 1. The summed E-state index contributed by atoms with van der Waals surface area (Å²) in [7, 11) is 0. The van der Waals surface area contributed by atoms with Gasteiger partial charge in [-0.1, -0.05) is 13.8 Å². The lowest BCUT2D eigenvalue weighted by molar-refractivity contribution is -0.146. The van der Waals surface area contributed by atoms with Gasteiger partial charge in [-0.2, -0.15) is 0 Å². The third-order valence-electron chi connectivity index (χ3n) is 3.13. The molecule has 0 aromatic heterocycles. The number of halogens is 2. The lowest BCUT2D eigenvalue weighted by Gasteiger charge is -2.36. The normalized spacial score (nSPS) is 20.9. The molecule has 1 aliphatic rings. The van der Waals surface area contributed by atoms with Gasteiger partial charge in [0.1, 0.15) is 0 Å². The van der Waals surface area contributed by atoms with Crippen LogP contribution in [-0.4, -0.2) is 36.4 Å². The van der Waals surface area contributed by atoms with Crippen molar-refractivity contribution < 1.29 is 13.6 Å². The standard InChI is InChI=1S/C11H20F2N2O/c1-10(2,3-6-14)9(16)15-7-4-11(12,13)5-8-15/h3-8,14H2,1-2H3. The Bertz CT molecular complexity index is 257. The van der Waals surface area contributed by atoms with Crippen LogP contribution in [0.5, 0.6) is 0 Å². The number of rotatable bonds is 3. The number of hydrogen-bond acceptors (Lipinski definition) is 2. The van der Waals surface area contributed by atoms with Crippen LogP contribution in [0.4, 0.5) is 8.78 Å². The Balaban J connectivity index is 2.57. The number of alkyl halides is 2. The van der Waals surface area contributed by atoms with E-state index in [1.54, 1.807) is 0 Å². The molecule has 2 N–H and O–H groups in total. The molecule has 1 aliphatic heterocycles. The van der Waals surface area contributed by atoms with Crippen LogP contribution in [0.15, 0.2) is 0 Å². The van der Waals surface area contributed by atoms with Crippen LogP contribution in [0.3, 0.4) is 0 Å². The third-order valence-corrected chi connectivity index (χ3v) is 3.13. The van der Waals surface area contributed by atoms with Crippen LogP contribution in [0.1, 0.15) is 33.1 Å². The maximum Gasteiger partial charge on any atom is 0.251 e. The largest absolute Gasteiger partial charge is 0.342 e. The Kier molecular flexibility index (Phi) is 3.88. The van der Waals surface area contributed by atoms with Gasteiger partial charge in [0.05, 0.1) is 0 Å². The fourth-order valence-corrected chi connectivity index (χ4v) is 1.93. The zero-order valence-corrected chi connectivity index (χ0v) is 9.93. The first-order valence-electron chi connectivity index (χ1n) is 5.66. The lowest BCUT2D eigenvalue weighted by Crippen LogP contribution is -2.48. The predicted octanol–water partition coefficient (Wildman–Crippen LogP) is 1.62. The number of nitrogens with zero attached hydrogens (tertiary/aromatic N) is 1. The molecule has 94 valence electrons. The molecule has 1 fully saturated rings. The maximum atomic E-state index is 12.9. The van der Waals surface area contributed by atoms with E-state index in [0.29, 0.717) is 13.0 Å². The van der Waals surface area contributed by atoms with Crippen LogP contribution in [0.2, 0.25) is 0 Å². The molecule has 1 saturated heterocycles. The minimum atomic E-state index is -2.60. The molecule has 0 saturated carbocycles. The van der Waals surface area contributed by atoms with Crippen molar-refractivity contribution in [3.63, 3.8) is 0 Å². The van der Waals surface area contributed by atoms with Gasteiger partial charge in [-0.05, 0) is 13.0 Å². The summed E-state index contributed by atoms with van der Waals surface area (Å²) >= 11 is 0. The first-order valence-corrected chi connectivity index (χ1v) is 5.66. The van der Waals surface area contributed by atoms with Crippen molar-refractivity contribution in [2.75, 3.05) is 19.6 Å². The van der Waals surface area contributed by atoms with Crippen LogP contribution in [-0.2, 0) is 4.79 Å². The van der Waals surface area contributed by atoms with Crippen molar-refractivity contribution >= 4 is 5.91 Å². The number of piperidine rings is 1. The molecule has 3 nitrogen and oxygen atoms in total. The summed E-state index contributed by atoms with van der Waals surface area (Å²) in [5.41, 5.74) is 4.89. The van der Waals surface area contributed by atoms with Gasteiger partial charge in [-0.3, -0.25) is 4.79 Å². The second kappa shape index (κ2) is 4.65. The number of amides is 1. The molecule has 0 aliphatic carbocycles. The van der Waals surface area contributed by atoms with Crippen molar-refractivity contribution in [2.45, 2.75) is 39.0 Å². The van der Waals surface area contributed by atoms with E-state index in [1.807, 2.05) is 13.8 Å². The van der Waals surface area contributed by atoms with Gasteiger partial charge in [-0.25, -0.2) is 8.78 Å². The van der Waals surface area contributed by atoms with Crippen molar-refractivity contribution in [2.24, 2.45) is 11.1 Å². The van der Waals surface area contributed by atoms with Gasteiger partial charge in [0.25, 0.3) is 5.92 Å². The molecule has 1 amide bonds. The summed E-state index contributed by atoms with van der Waals surface area (Å²) in [6.07, 6.45) is 0.133. The SMILES string of the molecule is CC(C)(CCN)C(=O)N1CCC(F)(F)CC1. The Morgan fingerprint density at radius 1 is 1.38 bits per heavy atom. The zero-order valence-electron chi connectivity index (χ0n) is 9.93. The smallest absolute Gasteiger partial charge is 0.251 e. The van der Waals surface area contributed by atoms with Crippen LogP contribution >= 0.6 is 0 Å². The lowest BCUT2D eigenvalue weighted by atomic mass is 9.87. The van der Waals surface area contributed by atoms with Gasteiger partial charge in [0.2, 0.25) is 5.91 Å². The molecule has 5 heteroatoms. The zero-order chi connectivity index (χ0) is 12.4. The Morgan fingerprint density at radius 3 is 2.31 bits per heavy atom. The first kappa shape index (κ1) is 13.4. The van der Waals surface area contributed by atoms with Crippen LogP contribution in [0, 0.1) is 5.41 Å². The van der Waals surface area contributed by atoms with Gasteiger partial charge >= 0.3 is 0 Å². The van der Waals surface area contributed by atoms with Gasteiger partial charge in [0.15, 0.2) is 0 Å². The second-order valence-electron chi connectivity index (χ2n) is 5.07. The molecular weight excluding hydrogens is 214 g/mol. The predicted molar refractivity (Wildman–Crippen MR) is 58.2 cm³/mol. The number of nitrogens with two attached hydrogens (primary N) is 1. The summed E-state index contributed by atoms with van der Waals surface area (Å²) in [6, 6.07) is 0. The summed E-state index contributed by atoms with van der Waals surface area (Å²) in [5, 5.41) is 0. The maximum absolute atomic E-state index is 12.9. The molecule has 0 spiro atoms. The van der Waals surface area contributed by atoms with E-state index >= 15 is 0 Å². The summed E-state index contributed by atoms with van der Waals surface area (Å²) in [5.74, 6) is -2.66. The van der Waals surface area contributed by atoms with Gasteiger partial charge in [-0.15, -0.1) is 0 Å². The molecule has 0 radical (unpaired) electrons. The fraction of sp³-hybridized carbons (Fsp3) is 0.909. The number of likely N-dealkylation sites (tertiary alicyclic amines) is 1. The summed E-state index contributed by atoms with van der Waals surface area (Å²) in [6.45, 7) is 4.37. The van der Waals surface area contributed by atoms with Gasteiger partial charge < -0.3 is 10.6 Å². The molecule has 0 atom stereocenters. The number of hydrogen-bond donors (Lipinski definition) is 1. The highest BCUT2D eigenvalue weighted by molar-refractivity contribution is 5.82. The minimum absolute atomic E-state index is 0.0616. The van der Waals surface area contributed by atoms with Gasteiger partial charge in [0, 0.05) is 31.3 Å². The van der Waals surface area contributed by atoms with Crippen molar-refractivity contribution in [3.05, 3.63) is 0 Å². The third kappa shape index (κ3) is 3.14. The Hall–Kier alpha value is -0.710. The van der Waals surface area contributed by atoms with E-state index in [4.69, 9.17) is 5.73 Å². The fourth-order valence-electron chi connectivity index (χ4n) is 1.93. The van der Waals surface area contributed by atoms with Crippen molar-refractivity contribution in [1.82, 2.24) is 4.90 Å². The molecule has 0 aromatic carbocycles. The first-order chi connectivity index (χ1) is 7.28. The highest BCUT2D eigenvalue weighted by Gasteiger charge is 2.39. The van der Waals surface area contributed by atoms with Crippen LogP contribution in [0.25, 0.3) is 0 Å². The van der Waals surface area contributed by atoms with Crippen LogP contribution < -0.4 is 5.73 Å². The Labute approximate surface area is 95.0 Å². The van der Waals surface area contributed by atoms with Crippen molar-refractivity contribution in [3.8, 4) is 0 Å². The summed E-state index contributed by atoms with van der Waals surface area (Å²) < 4.78 is 25.9. The molecular formula is C11H20F2N2O. The Morgan fingerprint density at radius 2 is 1.88 bits per heavy atom. The highest BCUT2D eigenvalue weighted by atomic mass is 19.3. The molecule has 0 bridgehead atoms. The molecule has 1 heterocycles. The second-order valence-corrected chi connectivity index (χ2v) is 5.07. The van der Waals surface area contributed by atoms with E-state index in [-0.39, 0.29) is 31.8 Å².